The number of ketones is 1. The number of carbonyl (C=O) groups is 1. The molecule has 9 nitrogen and oxygen atoms in total. The number of rotatable bonds is 11. The fourth-order valence-corrected chi connectivity index (χ4v) is 4.40. The monoisotopic (exact) mass is 489 g/mol. The molecular weight excluding hydrogens is 458 g/mol. The highest BCUT2D eigenvalue weighted by Crippen LogP contribution is 2.31. The first-order valence-corrected chi connectivity index (χ1v) is 12.0. The highest BCUT2D eigenvalue weighted by molar-refractivity contribution is 6.14. The average molecular weight is 490 g/mol. The van der Waals surface area contributed by atoms with Gasteiger partial charge in [-0.05, 0) is 18.1 Å². The number of aromatic nitrogens is 3. The molecule has 0 unspecified atom stereocenters. The van der Waals surface area contributed by atoms with E-state index < -0.39 is 11.2 Å². The van der Waals surface area contributed by atoms with Gasteiger partial charge in [0.15, 0.2) is 5.78 Å². The number of nitrogens with one attached hydrogen (secondary N) is 2. The van der Waals surface area contributed by atoms with Crippen molar-refractivity contribution in [3.05, 3.63) is 81.0 Å². The maximum atomic E-state index is 13.9. The largest absolute Gasteiger partial charge is 0.383 e. The highest BCUT2D eigenvalue weighted by atomic mass is 16.5. The number of nitrogen functional groups attached to an aromatic ring is 1. The van der Waals surface area contributed by atoms with Crippen LogP contribution in [-0.4, -0.2) is 47.1 Å². The fraction of sp³-hybridized carbons (Fsp3) is 0.296. The van der Waals surface area contributed by atoms with Gasteiger partial charge in [-0.3, -0.25) is 19.1 Å². The van der Waals surface area contributed by atoms with Gasteiger partial charge in [0, 0.05) is 31.1 Å². The molecule has 188 valence electrons. The molecule has 0 radical (unpaired) electrons. The third-order valence-corrected chi connectivity index (χ3v) is 6.21. The third-order valence-electron chi connectivity index (χ3n) is 6.21. The fourth-order valence-electron chi connectivity index (χ4n) is 4.40. The number of ether oxygens (including phenoxy) is 1. The van der Waals surface area contributed by atoms with Gasteiger partial charge < -0.3 is 20.4 Å². The van der Waals surface area contributed by atoms with Crippen molar-refractivity contribution in [2.45, 2.75) is 26.3 Å². The Labute approximate surface area is 208 Å². The molecule has 2 heterocycles. The smallest absolute Gasteiger partial charge is 0.330 e. The number of Topliss-reactive ketones (excluding diaryl/α,β-unsaturated/α-hetero) is 1. The molecule has 0 aliphatic rings. The summed E-state index contributed by atoms with van der Waals surface area (Å²) in [6.07, 6.45) is 1.58. The van der Waals surface area contributed by atoms with Crippen molar-refractivity contribution in [1.29, 1.82) is 0 Å². The van der Waals surface area contributed by atoms with Crippen LogP contribution in [0.5, 0.6) is 0 Å². The Morgan fingerprint density at radius 2 is 1.78 bits per heavy atom. The van der Waals surface area contributed by atoms with Crippen LogP contribution >= 0.6 is 0 Å². The zero-order valence-electron chi connectivity index (χ0n) is 20.5. The maximum Gasteiger partial charge on any atom is 0.330 e. The molecule has 0 atom stereocenters. The molecule has 0 saturated heterocycles. The second-order valence-corrected chi connectivity index (χ2v) is 8.62. The summed E-state index contributed by atoms with van der Waals surface area (Å²) >= 11 is 0. The highest BCUT2D eigenvalue weighted by Gasteiger charge is 2.25. The van der Waals surface area contributed by atoms with Gasteiger partial charge in [0.1, 0.15) is 11.5 Å². The molecule has 4 rings (SSSR count). The van der Waals surface area contributed by atoms with Gasteiger partial charge in [-0.1, -0.05) is 61.9 Å². The minimum Gasteiger partial charge on any atom is -0.383 e. The Hall–Kier alpha value is -4.11. The average Bonchev–Trinajstić information content (AvgIpc) is 3.27. The second kappa shape index (κ2) is 11.1. The van der Waals surface area contributed by atoms with Crippen LogP contribution in [-0.2, 0) is 11.3 Å². The maximum absolute atomic E-state index is 13.9. The molecule has 0 aliphatic heterocycles. The molecule has 4 aromatic rings. The molecule has 0 spiro atoms. The number of hydrogen-bond acceptors (Lipinski definition) is 6. The van der Waals surface area contributed by atoms with E-state index in [4.69, 9.17) is 10.5 Å². The first-order chi connectivity index (χ1) is 17.5. The number of methoxy groups -OCH3 is 1. The lowest BCUT2D eigenvalue weighted by Gasteiger charge is -2.25. The Balaban J connectivity index is 1.80. The number of nitrogens with zero attached hydrogens (tertiary/aromatic N) is 2. The van der Waals surface area contributed by atoms with Crippen molar-refractivity contribution in [2.24, 2.45) is 0 Å². The molecule has 4 N–H and O–H groups in total. The van der Waals surface area contributed by atoms with Gasteiger partial charge in [0.25, 0.3) is 5.56 Å². The molecule has 0 aliphatic carbocycles. The van der Waals surface area contributed by atoms with Gasteiger partial charge in [0.2, 0.25) is 0 Å². The number of nitrogens with two attached hydrogens (primary N) is 1. The molecule has 36 heavy (non-hydrogen) atoms. The number of carbonyl (C=O) groups excluding carboxylic acids is 1. The summed E-state index contributed by atoms with van der Waals surface area (Å²) in [6.45, 7) is 2.76. The minimum absolute atomic E-state index is 0.0447. The quantitative estimate of drug-likeness (QED) is 0.277. The van der Waals surface area contributed by atoms with E-state index in [-0.39, 0.29) is 37.0 Å². The third kappa shape index (κ3) is 4.96. The number of fused-ring (bicyclic) bond motifs is 1. The number of unbranched alkanes of at least 4 members (excludes halogenated alkanes) is 1. The van der Waals surface area contributed by atoms with Crippen molar-refractivity contribution >= 4 is 28.2 Å². The van der Waals surface area contributed by atoms with E-state index in [9.17, 15) is 14.4 Å². The van der Waals surface area contributed by atoms with Crippen molar-refractivity contribution in [3.63, 3.8) is 0 Å². The number of para-hydroxylation sites is 1. The van der Waals surface area contributed by atoms with E-state index in [1.165, 1.54) is 4.57 Å². The van der Waals surface area contributed by atoms with Gasteiger partial charge in [0.05, 0.1) is 24.4 Å². The summed E-state index contributed by atoms with van der Waals surface area (Å²) in [5.74, 6) is -0.143. The molecular formula is C27H31N5O4. The lowest BCUT2D eigenvalue weighted by Crippen LogP contribution is -2.41. The first kappa shape index (κ1) is 25.0. The number of anilines is 2. The van der Waals surface area contributed by atoms with E-state index in [2.05, 4.69) is 9.97 Å². The summed E-state index contributed by atoms with van der Waals surface area (Å²) in [7, 11) is 1.54. The normalized spacial score (nSPS) is 11.2. The van der Waals surface area contributed by atoms with Crippen LogP contribution in [0.2, 0.25) is 0 Å². The number of benzene rings is 2. The summed E-state index contributed by atoms with van der Waals surface area (Å²) < 4.78 is 6.60. The Kier molecular flexibility index (Phi) is 7.70. The summed E-state index contributed by atoms with van der Waals surface area (Å²) in [5, 5.41) is 0.794. The summed E-state index contributed by atoms with van der Waals surface area (Å²) in [5.41, 5.74) is 8.22. The first-order valence-electron chi connectivity index (χ1n) is 12.0. The molecule has 2 aromatic carbocycles. The number of aromatic amines is 2. The SMILES string of the molecule is CCCCn1c(N)c(N(CCOC)CC(=O)c2c(-c3ccccc3)[nH]c3ccccc23)c(=O)[nH]c1=O. The van der Waals surface area contributed by atoms with Gasteiger partial charge in [-0.15, -0.1) is 0 Å². The predicted molar refractivity (Wildman–Crippen MR) is 143 cm³/mol. The lowest BCUT2D eigenvalue weighted by atomic mass is 10.0. The van der Waals surface area contributed by atoms with E-state index in [0.29, 0.717) is 17.8 Å². The second-order valence-electron chi connectivity index (χ2n) is 8.62. The predicted octanol–water partition coefficient (Wildman–Crippen LogP) is 3.40. The Morgan fingerprint density at radius 3 is 2.50 bits per heavy atom. The van der Waals surface area contributed by atoms with Crippen LogP contribution in [0.4, 0.5) is 11.5 Å². The molecule has 0 bridgehead atoms. The Morgan fingerprint density at radius 1 is 1.06 bits per heavy atom. The van der Waals surface area contributed by atoms with Crippen molar-refractivity contribution < 1.29 is 9.53 Å². The minimum atomic E-state index is -0.628. The van der Waals surface area contributed by atoms with Crippen LogP contribution in [0.25, 0.3) is 22.2 Å². The van der Waals surface area contributed by atoms with Gasteiger partial charge in [-0.2, -0.15) is 0 Å². The van der Waals surface area contributed by atoms with Gasteiger partial charge >= 0.3 is 5.69 Å². The summed E-state index contributed by atoms with van der Waals surface area (Å²) in [6, 6.07) is 17.3. The van der Waals surface area contributed by atoms with Crippen LogP contribution in [0.1, 0.15) is 30.1 Å². The Bertz CT molecular complexity index is 1470. The zero-order valence-corrected chi connectivity index (χ0v) is 20.5. The van der Waals surface area contributed by atoms with E-state index in [0.717, 1.165) is 29.3 Å². The van der Waals surface area contributed by atoms with Crippen LogP contribution in [0.3, 0.4) is 0 Å². The van der Waals surface area contributed by atoms with Crippen LogP contribution < -0.4 is 21.9 Å². The number of H-pyrrole nitrogens is 2. The topological polar surface area (TPSA) is 126 Å². The molecule has 9 heteroatoms. The van der Waals surface area contributed by atoms with Crippen LogP contribution in [0.15, 0.2) is 64.2 Å². The van der Waals surface area contributed by atoms with E-state index >= 15 is 0 Å². The van der Waals surface area contributed by atoms with E-state index in [1.807, 2.05) is 61.5 Å². The zero-order chi connectivity index (χ0) is 25.7. The standard InChI is InChI=1S/C27H31N5O4/c1-3-4-14-32-25(28)24(26(34)30-27(32)35)31(15-16-36-2)17-21(33)22-19-12-8-9-13-20(19)29-23(22)18-10-6-5-7-11-18/h5-13,29H,3-4,14-17,28H2,1-2H3,(H,30,34,35). The molecule has 0 amide bonds. The summed E-state index contributed by atoms with van der Waals surface area (Å²) in [4.78, 5) is 46.6. The number of hydrogen-bond donors (Lipinski definition) is 3. The van der Waals surface area contributed by atoms with Crippen molar-refractivity contribution in [1.82, 2.24) is 14.5 Å². The molecule has 0 saturated carbocycles. The molecule has 0 fully saturated rings. The van der Waals surface area contributed by atoms with E-state index in [1.54, 1.807) is 12.0 Å². The van der Waals surface area contributed by atoms with Gasteiger partial charge in [-0.25, -0.2) is 4.79 Å². The van der Waals surface area contributed by atoms with Crippen molar-refractivity contribution in [3.8, 4) is 11.3 Å². The van der Waals surface area contributed by atoms with Crippen LogP contribution in [0, 0.1) is 0 Å². The molecule has 2 aromatic heterocycles. The van der Waals surface area contributed by atoms with Crippen molar-refractivity contribution in [2.75, 3.05) is 37.4 Å². The lowest BCUT2D eigenvalue weighted by molar-refractivity contribution is 0.0999.